The van der Waals surface area contributed by atoms with Gasteiger partial charge in [-0.15, -0.1) is 0 Å². The lowest BCUT2D eigenvalue weighted by molar-refractivity contribution is -0.384. The van der Waals surface area contributed by atoms with Crippen LogP contribution >= 0.6 is 24.0 Å². The van der Waals surface area contributed by atoms with Crippen molar-refractivity contribution in [3.63, 3.8) is 0 Å². The van der Waals surface area contributed by atoms with E-state index in [1.54, 1.807) is 23.9 Å². The van der Waals surface area contributed by atoms with Crippen LogP contribution in [0.2, 0.25) is 0 Å². The summed E-state index contributed by atoms with van der Waals surface area (Å²) < 4.78 is 2.54. The van der Waals surface area contributed by atoms with Gasteiger partial charge in [0, 0.05) is 51.2 Å². The van der Waals surface area contributed by atoms with Crippen LogP contribution in [0.4, 0.5) is 11.4 Å². The number of pyridine rings is 1. The molecule has 40 heavy (non-hydrogen) atoms. The van der Waals surface area contributed by atoms with Crippen LogP contribution < -0.4 is 10.2 Å². The van der Waals surface area contributed by atoms with E-state index in [1.807, 2.05) is 18.3 Å². The molecule has 2 atom stereocenters. The van der Waals surface area contributed by atoms with E-state index >= 15 is 0 Å². The van der Waals surface area contributed by atoms with Crippen LogP contribution in [0.5, 0.6) is 0 Å². The van der Waals surface area contributed by atoms with E-state index in [0.717, 1.165) is 21.2 Å². The Hall–Kier alpha value is -3.69. The zero-order valence-electron chi connectivity index (χ0n) is 22.5. The molecule has 0 radical (unpaired) electrons. The summed E-state index contributed by atoms with van der Waals surface area (Å²) in [4.78, 5) is 19.5. The number of nitrogens with one attached hydrogen (secondary N) is 1. The highest BCUT2D eigenvalue weighted by atomic mass is 32.2. The molecular formula is C31H31N5O2S2. The molecule has 0 spiro atoms. The number of thiocarbonyl (C=S) groups is 1. The van der Waals surface area contributed by atoms with Crippen molar-refractivity contribution in [3.8, 4) is 0 Å². The molecule has 1 aliphatic heterocycles. The molecule has 2 aromatic carbocycles. The van der Waals surface area contributed by atoms with Gasteiger partial charge in [0.25, 0.3) is 5.69 Å². The predicted octanol–water partition coefficient (Wildman–Crippen LogP) is 7.85. The number of nitrogens with zero attached hydrogens (tertiary/aromatic N) is 4. The van der Waals surface area contributed by atoms with Gasteiger partial charge in [0.2, 0.25) is 0 Å². The van der Waals surface area contributed by atoms with Gasteiger partial charge in [-0.1, -0.05) is 30.7 Å². The van der Waals surface area contributed by atoms with E-state index in [1.165, 1.54) is 54.8 Å². The summed E-state index contributed by atoms with van der Waals surface area (Å²) >= 11 is 7.53. The first-order valence-corrected chi connectivity index (χ1v) is 14.8. The molecule has 2 fully saturated rings. The van der Waals surface area contributed by atoms with Gasteiger partial charge in [0.1, 0.15) is 0 Å². The largest absolute Gasteiger partial charge is 0.351 e. The monoisotopic (exact) mass is 569 g/mol. The molecule has 204 valence electrons. The van der Waals surface area contributed by atoms with Gasteiger partial charge in [-0.25, -0.2) is 0 Å². The van der Waals surface area contributed by atoms with Gasteiger partial charge in [-0.2, -0.15) is 0 Å². The maximum Gasteiger partial charge on any atom is 0.269 e. The van der Waals surface area contributed by atoms with Crippen molar-refractivity contribution in [2.45, 2.75) is 67.4 Å². The number of aryl methyl sites for hydroxylation is 1. The van der Waals surface area contributed by atoms with E-state index in [2.05, 4.69) is 65.0 Å². The highest BCUT2D eigenvalue weighted by Crippen LogP contribution is 2.45. The SMILES string of the molecule is Cc1cc([C@@H]2[C@@H](c3ccccn3)NC(=S)N2c2ccc(Sc3ccc([N+](=O)[O-])cc3)cc2)c(C)n1C1CCCC1. The third kappa shape index (κ3) is 4.99. The van der Waals surface area contributed by atoms with Crippen LogP contribution in [0.1, 0.15) is 66.5 Å². The van der Waals surface area contributed by atoms with Gasteiger partial charge < -0.3 is 14.8 Å². The number of hydrogen-bond donors (Lipinski definition) is 1. The number of nitro benzene ring substituents is 1. The molecule has 1 aliphatic carbocycles. The Labute approximate surface area is 243 Å². The van der Waals surface area contributed by atoms with Crippen LogP contribution in [0.25, 0.3) is 0 Å². The second-order valence-corrected chi connectivity index (χ2v) is 12.0. The van der Waals surface area contributed by atoms with Crippen molar-refractivity contribution >= 4 is 40.5 Å². The summed E-state index contributed by atoms with van der Waals surface area (Å²) in [7, 11) is 0. The van der Waals surface area contributed by atoms with E-state index in [0.29, 0.717) is 11.2 Å². The minimum Gasteiger partial charge on any atom is -0.351 e. The molecule has 1 saturated heterocycles. The van der Waals surface area contributed by atoms with Crippen LogP contribution in [-0.2, 0) is 0 Å². The summed E-state index contributed by atoms with van der Waals surface area (Å²) in [6.07, 6.45) is 6.89. The summed E-state index contributed by atoms with van der Waals surface area (Å²) in [5.41, 5.74) is 5.95. The van der Waals surface area contributed by atoms with Crippen molar-refractivity contribution in [1.29, 1.82) is 0 Å². The standard InChI is InChI=1S/C31H31N5O2S2/c1-20-19-27(21(2)34(20)22-7-3-4-8-22)30-29(28-9-5-6-18-32-28)33-31(39)35(30)23-10-14-25(15-11-23)40-26-16-12-24(13-17-26)36(37)38/h5-6,9-19,22,29-30H,3-4,7-8H2,1-2H3,(H,33,39)/t29-,30-/m1/s1. The zero-order valence-corrected chi connectivity index (χ0v) is 24.1. The number of nitro groups is 1. The molecule has 2 aromatic heterocycles. The van der Waals surface area contributed by atoms with Gasteiger partial charge in [0.15, 0.2) is 5.11 Å². The number of hydrogen-bond acceptors (Lipinski definition) is 5. The van der Waals surface area contributed by atoms with Gasteiger partial charge >= 0.3 is 0 Å². The molecular weight excluding hydrogens is 539 g/mol. The fourth-order valence-electron chi connectivity index (χ4n) is 6.22. The maximum absolute atomic E-state index is 11.0. The lowest BCUT2D eigenvalue weighted by atomic mass is 9.96. The van der Waals surface area contributed by atoms with Crippen LogP contribution in [-0.4, -0.2) is 19.6 Å². The quantitative estimate of drug-likeness (QED) is 0.138. The number of anilines is 1. The molecule has 6 rings (SSSR count). The third-order valence-electron chi connectivity index (χ3n) is 8.03. The molecule has 2 aliphatic rings. The first-order valence-electron chi connectivity index (χ1n) is 13.6. The minimum absolute atomic E-state index is 0.0445. The second kappa shape index (κ2) is 11.1. The molecule has 1 saturated carbocycles. The zero-order chi connectivity index (χ0) is 27.8. The second-order valence-electron chi connectivity index (χ2n) is 10.5. The fraction of sp³-hybridized carbons (Fsp3) is 0.290. The van der Waals surface area contributed by atoms with Crippen molar-refractivity contribution in [3.05, 3.63) is 112 Å². The summed E-state index contributed by atoms with van der Waals surface area (Å²) in [5, 5.41) is 15.3. The van der Waals surface area contributed by atoms with Gasteiger partial charge in [0.05, 0.1) is 22.7 Å². The molecule has 9 heteroatoms. The topological polar surface area (TPSA) is 76.2 Å². The first kappa shape index (κ1) is 26.5. The Morgan fingerprint density at radius 1 is 1.00 bits per heavy atom. The lowest BCUT2D eigenvalue weighted by Gasteiger charge is -2.28. The molecule has 1 N–H and O–H groups in total. The number of aromatic nitrogens is 2. The molecule has 0 bridgehead atoms. The minimum atomic E-state index is -0.379. The van der Waals surface area contributed by atoms with E-state index < -0.39 is 0 Å². The lowest BCUT2D eigenvalue weighted by Crippen LogP contribution is -2.29. The van der Waals surface area contributed by atoms with E-state index in [-0.39, 0.29) is 22.7 Å². The van der Waals surface area contributed by atoms with Crippen LogP contribution in [0.15, 0.2) is 88.8 Å². The molecule has 0 amide bonds. The van der Waals surface area contributed by atoms with Crippen LogP contribution in [0, 0.1) is 24.0 Å². The van der Waals surface area contributed by atoms with Crippen molar-refractivity contribution in [1.82, 2.24) is 14.9 Å². The maximum atomic E-state index is 11.0. The predicted molar refractivity (Wildman–Crippen MR) is 163 cm³/mol. The highest BCUT2D eigenvalue weighted by molar-refractivity contribution is 7.99. The number of non-ortho nitro benzene ring substituents is 1. The Bertz CT molecular complexity index is 1530. The van der Waals surface area contributed by atoms with Gasteiger partial charge in [-0.3, -0.25) is 15.1 Å². The summed E-state index contributed by atoms with van der Waals surface area (Å²) in [6.45, 7) is 4.47. The van der Waals surface area contributed by atoms with Crippen molar-refractivity contribution in [2.75, 3.05) is 4.90 Å². The van der Waals surface area contributed by atoms with Crippen molar-refractivity contribution < 1.29 is 4.92 Å². The number of rotatable bonds is 7. The van der Waals surface area contributed by atoms with E-state index in [4.69, 9.17) is 17.2 Å². The number of benzene rings is 2. The normalized spacial score (nSPS) is 19.2. The fourth-order valence-corrected chi connectivity index (χ4v) is 7.38. The highest BCUT2D eigenvalue weighted by Gasteiger charge is 2.42. The Balaban J connectivity index is 1.34. The Kier molecular flexibility index (Phi) is 7.33. The third-order valence-corrected chi connectivity index (χ3v) is 9.36. The smallest absolute Gasteiger partial charge is 0.269 e. The Morgan fingerprint density at radius 3 is 2.30 bits per heavy atom. The Morgan fingerprint density at radius 2 is 1.68 bits per heavy atom. The average Bonchev–Trinajstić information content (AvgIpc) is 3.67. The first-order chi connectivity index (χ1) is 19.4. The van der Waals surface area contributed by atoms with Gasteiger partial charge in [-0.05, 0) is 99.1 Å². The molecule has 4 aromatic rings. The average molecular weight is 570 g/mol. The summed E-state index contributed by atoms with van der Waals surface area (Å²) in [6, 6.07) is 23.8. The van der Waals surface area contributed by atoms with Crippen molar-refractivity contribution in [2.24, 2.45) is 0 Å². The molecule has 7 nitrogen and oxygen atoms in total. The van der Waals surface area contributed by atoms with E-state index in [9.17, 15) is 10.1 Å². The molecule has 0 unspecified atom stereocenters. The van der Waals surface area contributed by atoms with Crippen LogP contribution in [0.3, 0.4) is 0 Å². The summed E-state index contributed by atoms with van der Waals surface area (Å²) in [5.74, 6) is 0. The molecule has 3 heterocycles.